The van der Waals surface area contributed by atoms with Crippen molar-refractivity contribution < 1.29 is 28.2 Å². The van der Waals surface area contributed by atoms with Crippen LogP contribution in [0.4, 0.5) is 13.2 Å². The molecule has 0 aliphatic carbocycles. The third-order valence-corrected chi connectivity index (χ3v) is 4.38. The number of amides is 1. The molecular weight excluding hydrogens is 361 g/mol. The molecule has 1 amide bonds. The van der Waals surface area contributed by atoms with Gasteiger partial charge in [0.2, 0.25) is 0 Å². The monoisotopic (exact) mass is 378 g/mol. The fourth-order valence-corrected chi connectivity index (χ4v) is 2.80. The van der Waals surface area contributed by atoms with Crippen molar-refractivity contribution in [3.05, 3.63) is 71.3 Å². The molecule has 142 valence electrons. The number of hydrogen-bond acceptors (Lipinski definition) is 4. The van der Waals surface area contributed by atoms with Gasteiger partial charge in [-0.15, -0.1) is 0 Å². The van der Waals surface area contributed by atoms with E-state index in [4.69, 9.17) is 0 Å². The molecule has 0 radical (unpaired) electrons. The van der Waals surface area contributed by atoms with Crippen LogP contribution in [0.2, 0.25) is 0 Å². The first kappa shape index (κ1) is 19.1. The molecule has 1 heterocycles. The second-order valence-corrected chi connectivity index (χ2v) is 6.37. The van der Waals surface area contributed by atoms with Crippen LogP contribution in [0, 0.1) is 6.92 Å². The number of halogens is 3. The maximum atomic E-state index is 13.6. The van der Waals surface area contributed by atoms with E-state index in [1.54, 1.807) is 30.3 Å². The highest BCUT2D eigenvalue weighted by Gasteiger charge is 2.63. The van der Waals surface area contributed by atoms with Gasteiger partial charge in [0.25, 0.3) is 11.6 Å². The number of benzene rings is 2. The SMILES string of the molecule is Cc1ccc(C2=NN(C(=O)[C@H](O)c3ccccc3)[C@](O)(C(F)(F)F)C2)cc1. The molecule has 5 nitrogen and oxygen atoms in total. The Kier molecular flexibility index (Phi) is 4.79. The summed E-state index contributed by atoms with van der Waals surface area (Å²) in [7, 11) is 0. The maximum absolute atomic E-state index is 13.6. The number of rotatable bonds is 3. The third-order valence-electron chi connectivity index (χ3n) is 4.38. The Bertz CT molecular complexity index is 866. The normalized spacial score (nSPS) is 21.1. The summed E-state index contributed by atoms with van der Waals surface area (Å²) in [5, 5.41) is 24.2. The Labute approximate surface area is 153 Å². The predicted octanol–water partition coefficient (Wildman–Crippen LogP) is 2.92. The van der Waals surface area contributed by atoms with Crippen LogP contribution in [0.1, 0.15) is 29.2 Å². The summed E-state index contributed by atoms with van der Waals surface area (Å²) in [6.45, 7) is 1.82. The number of aryl methyl sites for hydroxylation is 1. The Hall–Kier alpha value is -2.71. The highest BCUT2D eigenvalue weighted by atomic mass is 19.4. The van der Waals surface area contributed by atoms with Crippen LogP contribution in [0.15, 0.2) is 59.7 Å². The second kappa shape index (κ2) is 6.79. The number of aliphatic hydroxyl groups excluding tert-OH is 1. The zero-order valence-corrected chi connectivity index (χ0v) is 14.3. The predicted molar refractivity (Wildman–Crippen MR) is 91.6 cm³/mol. The van der Waals surface area contributed by atoms with Crippen LogP contribution in [0.5, 0.6) is 0 Å². The van der Waals surface area contributed by atoms with Gasteiger partial charge in [0, 0.05) is 0 Å². The molecule has 0 bridgehead atoms. The van der Waals surface area contributed by atoms with Gasteiger partial charge in [0.15, 0.2) is 6.10 Å². The molecule has 0 spiro atoms. The number of hydrazone groups is 1. The van der Waals surface area contributed by atoms with Crippen LogP contribution in [0.25, 0.3) is 0 Å². The van der Waals surface area contributed by atoms with Gasteiger partial charge in [-0.25, -0.2) is 0 Å². The van der Waals surface area contributed by atoms with Crippen molar-refractivity contribution in [2.45, 2.75) is 31.3 Å². The summed E-state index contributed by atoms with van der Waals surface area (Å²) in [5.41, 5.74) is -2.27. The van der Waals surface area contributed by atoms with E-state index >= 15 is 0 Å². The number of nitrogens with zero attached hydrogens (tertiary/aromatic N) is 2. The highest BCUT2D eigenvalue weighted by molar-refractivity contribution is 6.03. The minimum Gasteiger partial charge on any atom is -0.378 e. The molecule has 0 saturated carbocycles. The first-order valence-corrected chi connectivity index (χ1v) is 8.14. The average molecular weight is 378 g/mol. The van der Waals surface area contributed by atoms with Crippen LogP contribution >= 0.6 is 0 Å². The number of alkyl halides is 3. The summed E-state index contributed by atoms with van der Waals surface area (Å²) < 4.78 is 40.7. The van der Waals surface area contributed by atoms with Crippen molar-refractivity contribution in [3.8, 4) is 0 Å². The molecule has 0 saturated heterocycles. The van der Waals surface area contributed by atoms with Crippen LogP contribution in [0.3, 0.4) is 0 Å². The zero-order chi connectivity index (χ0) is 19.8. The van der Waals surface area contributed by atoms with E-state index in [0.29, 0.717) is 5.56 Å². The Balaban J connectivity index is 2.00. The lowest BCUT2D eigenvalue weighted by Crippen LogP contribution is -2.57. The van der Waals surface area contributed by atoms with Gasteiger partial charge in [-0.3, -0.25) is 4.79 Å². The first-order valence-electron chi connectivity index (χ1n) is 8.14. The summed E-state index contributed by atoms with van der Waals surface area (Å²) in [6.07, 6.45) is -7.97. The van der Waals surface area contributed by atoms with Gasteiger partial charge < -0.3 is 10.2 Å². The summed E-state index contributed by atoms with van der Waals surface area (Å²) in [5.74, 6) is -1.36. The van der Waals surface area contributed by atoms with Crippen molar-refractivity contribution in [1.29, 1.82) is 0 Å². The lowest BCUT2D eigenvalue weighted by Gasteiger charge is -2.33. The van der Waals surface area contributed by atoms with Gasteiger partial charge in [0.05, 0.1) is 12.1 Å². The van der Waals surface area contributed by atoms with Gasteiger partial charge in [-0.2, -0.15) is 23.3 Å². The minimum atomic E-state index is -5.16. The fourth-order valence-electron chi connectivity index (χ4n) is 2.80. The smallest absolute Gasteiger partial charge is 0.378 e. The Morgan fingerprint density at radius 2 is 1.74 bits per heavy atom. The summed E-state index contributed by atoms with van der Waals surface area (Å²) >= 11 is 0. The van der Waals surface area contributed by atoms with Gasteiger partial charge in [-0.1, -0.05) is 60.2 Å². The molecule has 0 aromatic heterocycles. The molecular formula is C19H17F3N2O3. The number of aliphatic hydroxyl groups is 2. The molecule has 2 aromatic carbocycles. The van der Waals surface area contributed by atoms with Gasteiger partial charge in [-0.05, 0) is 18.1 Å². The molecule has 2 aromatic rings. The summed E-state index contributed by atoms with van der Waals surface area (Å²) in [4.78, 5) is 12.5. The first-order chi connectivity index (χ1) is 12.6. The van der Waals surface area contributed by atoms with Crippen LogP contribution in [-0.4, -0.2) is 38.7 Å². The lowest BCUT2D eigenvalue weighted by atomic mass is 9.99. The number of carbonyl (C=O) groups excluding carboxylic acids is 1. The highest BCUT2D eigenvalue weighted by Crippen LogP contribution is 2.42. The van der Waals surface area contributed by atoms with Crippen molar-refractivity contribution >= 4 is 11.6 Å². The van der Waals surface area contributed by atoms with Crippen LogP contribution < -0.4 is 0 Å². The minimum absolute atomic E-state index is 0.0557. The molecule has 3 rings (SSSR count). The van der Waals surface area contributed by atoms with E-state index < -0.39 is 30.3 Å². The lowest BCUT2D eigenvalue weighted by molar-refractivity contribution is -0.303. The van der Waals surface area contributed by atoms with Crippen molar-refractivity contribution in [2.75, 3.05) is 0 Å². The molecule has 2 atom stereocenters. The molecule has 1 aliphatic rings. The zero-order valence-electron chi connectivity index (χ0n) is 14.3. The van der Waals surface area contributed by atoms with Crippen molar-refractivity contribution in [2.24, 2.45) is 5.10 Å². The number of hydrogen-bond donors (Lipinski definition) is 2. The molecule has 0 fully saturated rings. The van der Waals surface area contributed by atoms with E-state index in [-0.39, 0.29) is 16.3 Å². The Morgan fingerprint density at radius 3 is 2.30 bits per heavy atom. The standard InChI is InChI=1S/C19H17F3N2O3/c1-12-7-9-13(10-8-12)15-11-18(27,19(20,21)22)24(23-15)17(26)16(25)14-5-3-2-4-6-14/h2-10,16,25,27H,11H2,1H3/t16-,18-/m1/s1. The average Bonchev–Trinajstić information content (AvgIpc) is 3.00. The third kappa shape index (κ3) is 3.45. The quantitative estimate of drug-likeness (QED) is 0.863. The van der Waals surface area contributed by atoms with Gasteiger partial charge in [0.1, 0.15) is 0 Å². The molecule has 27 heavy (non-hydrogen) atoms. The van der Waals surface area contributed by atoms with Crippen LogP contribution in [-0.2, 0) is 4.79 Å². The van der Waals surface area contributed by atoms with E-state index in [1.165, 1.54) is 24.3 Å². The Morgan fingerprint density at radius 1 is 1.15 bits per heavy atom. The largest absolute Gasteiger partial charge is 0.438 e. The molecule has 0 unspecified atom stereocenters. The maximum Gasteiger partial charge on any atom is 0.438 e. The van der Waals surface area contributed by atoms with E-state index in [2.05, 4.69) is 5.10 Å². The van der Waals surface area contributed by atoms with Gasteiger partial charge >= 0.3 is 6.18 Å². The van der Waals surface area contributed by atoms with E-state index in [0.717, 1.165) is 5.56 Å². The second-order valence-electron chi connectivity index (χ2n) is 6.37. The molecule has 1 aliphatic heterocycles. The molecule has 8 heteroatoms. The van der Waals surface area contributed by atoms with Crippen molar-refractivity contribution in [1.82, 2.24) is 5.01 Å². The molecule has 2 N–H and O–H groups in total. The van der Waals surface area contributed by atoms with E-state index in [9.17, 15) is 28.2 Å². The topological polar surface area (TPSA) is 73.1 Å². The van der Waals surface area contributed by atoms with E-state index in [1.807, 2.05) is 6.92 Å². The van der Waals surface area contributed by atoms with Crippen molar-refractivity contribution in [3.63, 3.8) is 0 Å². The summed E-state index contributed by atoms with van der Waals surface area (Å²) in [6, 6.07) is 14.0. The number of carbonyl (C=O) groups is 1. The fraction of sp³-hybridized carbons (Fsp3) is 0.263.